The molecule has 0 spiro atoms. The highest BCUT2D eigenvalue weighted by Crippen LogP contribution is 2.22. The van der Waals surface area contributed by atoms with Crippen molar-refractivity contribution in [2.45, 2.75) is 26.2 Å². The highest BCUT2D eigenvalue weighted by atomic mass is 32.1. The van der Waals surface area contributed by atoms with Gasteiger partial charge in [0.15, 0.2) is 0 Å². The maximum absolute atomic E-state index is 11.7. The molecule has 0 fully saturated rings. The molecule has 0 aliphatic heterocycles. The fourth-order valence-electron chi connectivity index (χ4n) is 1.60. The third-order valence-electron chi connectivity index (χ3n) is 2.45. The molecule has 0 radical (unpaired) electrons. The van der Waals surface area contributed by atoms with Gasteiger partial charge in [0.05, 0.1) is 5.69 Å². The first kappa shape index (κ1) is 11.0. The minimum absolute atomic E-state index is 0.0425. The van der Waals surface area contributed by atoms with Crippen LogP contribution in [0, 0.1) is 0 Å². The second-order valence-corrected chi connectivity index (χ2v) is 4.55. The molecule has 0 saturated heterocycles. The lowest BCUT2D eigenvalue weighted by Crippen LogP contribution is -2.13. The van der Waals surface area contributed by atoms with Crippen molar-refractivity contribution in [3.63, 3.8) is 0 Å². The average Bonchev–Trinajstić information content (AvgIpc) is 2.85. The molecular formula is C11H14N2O2S. The predicted octanol–water partition coefficient (Wildman–Crippen LogP) is 2.28. The summed E-state index contributed by atoms with van der Waals surface area (Å²) in [5.74, 6) is 0.0425. The van der Waals surface area contributed by atoms with Crippen LogP contribution in [0.3, 0.4) is 0 Å². The van der Waals surface area contributed by atoms with E-state index in [1.165, 1.54) is 15.9 Å². The summed E-state index contributed by atoms with van der Waals surface area (Å²) in [6, 6.07) is 3.66. The van der Waals surface area contributed by atoms with Crippen LogP contribution in [0.2, 0.25) is 0 Å². The van der Waals surface area contributed by atoms with Gasteiger partial charge in [-0.1, -0.05) is 13.3 Å². The number of imidazole rings is 1. The number of thiophene rings is 1. The molecule has 86 valence electrons. The van der Waals surface area contributed by atoms with E-state index in [4.69, 9.17) is 0 Å². The Morgan fingerprint density at radius 3 is 3.00 bits per heavy atom. The summed E-state index contributed by atoms with van der Waals surface area (Å²) in [6.07, 6.45) is 2.69. The van der Waals surface area contributed by atoms with E-state index in [0.717, 1.165) is 17.8 Å². The van der Waals surface area contributed by atoms with Crippen LogP contribution in [0.5, 0.6) is 5.88 Å². The summed E-state index contributed by atoms with van der Waals surface area (Å²) in [4.78, 5) is 14.4. The first-order valence-electron chi connectivity index (χ1n) is 5.30. The van der Waals surface area contributed by atoms with Crippen LogP contribution in [-0.2, 0) is 6.42 Å². The Labute approximate surface area is 97.2 Å². The van der Waals surface area contributed by atoms with Gasteiger partial charge in [0.2, 0.25) is 5.88 Å². The molecule has 2 heterocycles. The van der Waals surface area contributed by atoms with Crippen molar-refractivity contribution in [2.75, 3.05) is 0 Å². The molecule has 0 unspecified atom stereocenters. The van der Waals surface area contributed by atoms with E-state index >= 15 is 0 Å². The molecule has 2 rings (SSSR count). The molecule has 16 heavy (non-hydrogen) atoms. The van der Waals surface area contributed by atoms with E-state index in [-0.39, 0.29) is 11.6 Å². The highest BCUT2D eigenvalue weighted by molar-refractivity contribution is 7.12. The number of aromatic nitrogens is 2. The first-order valence-corrected chi connectivity index (χ1v) is 6.18. The van der Waals surface area contributed by atoms with Gasteiger partial charge in [-0.15, -0.1) is 11.3 Å². The van der Waals surface area contributed by atoms with Gasteiger partial charge in [-0.2, -0.15) is 0 Å². The number of rotatable bonds is 4. The minimum atomic E-state index is -0.272. The van der Waals surface area contributed by atoms with E-state index in [1.54, 1.807) is 0 Å². The molecule has 0 aliphatic carbocycles. The van der Waals surface area contributed by atoms with E-state index in [2.05, 4.69) is 11.9 Å². The van der Waals surface area contributed by atoms with Crippen molar-refractivity contribution in [1.82, 2.24) is 9.55 Å². The number of hydrogen-bond acceptors (Lipinski definition) is 3. The van der Waals surface area contributed by atoms with Gasteiger partial charge in [-0.25, -0.2) is 9.36 Å². The van der Waals surface area contributed by atoms with Crippen LogP contribution >= 0.6 is 11.3 Å². The Bertz CT molecular complexity index is 511. The van der Waals surface area contributed by atoms with E-state index in [9.17, 15) is 9.90 Å². The minimum Gasteiger partial charge on any atom is -0.493 e. The fraction of sp³-hybridized carbons (Fsp3) is 0.364. The van der Waals surface area contributed by atoms with Crippen LogP contribution in [0.1, 0.15) is 25.5 Å². The van der Waals surface area contributed by atoms with Gasteiger partial charge in [0.25, 0.3) is 0 Å². The molecule has 0 amide bonds. The van der Waals surface area contributed by atoms with Crippen LogP contribution < -0.4 is 5.69 Å². The molecule has 4 nitrogen and oxygen atoms in total. The van der Waals surface area contributed by atoms with Crippen molar-refractivity contribution < 1.29 is 5.11 Å². The van der Waals surface area contributed by atoms with Gasteiger partial charge in [0, 0.05) is 0 Å². The Kier molecular flexibility index (Phi) is 3.14. The molecule has 2 N–H and O–H groups in total. The molecule has 2 aromatic heterocycles. The fourth-order valence-corrected chi connectivity index (χ4v) is 2.33. The molecular weight excluding hydrogens is 224 g/mol. The van der Waals surface area contributed by atoms with Gasteiger partial charge >= 0.3 is 5.69 Å². The summed E-state index contributed by atoms with van der Waals surface area (Å²) in [7, 11) is 0. The van der Waals surface area contributed by atoms with Gasteiger partial charge in [0.1, 0.15) is 5.00 Å². The maximum atomic E-state index is 11.7. The van der Waals surface area contributed by atoms with Crippen molar-refractivity contribution in [3.8, 4) is 10.9 Å². The molecule has 0 bridgehead atoms. The quantitative estimate of drug-likeness (QED) is 0.858. The summed E-state index contributed by atoms with van der Waals surface area (Å²) >= 11 is 1.42. The topological polar surface area (TPSA) is 58.0 Å². The smallest absolute Gasteiger partial charge is 0.333 e. The van der Waals surface area contributed by atoms with E-state index in [0.29, 0.717) is 12.1 Å². The first-order chi connectivity index (χ1) is 7.74. The summed E-state index contributed by atoms with van der Waals surface area (Å²) in [5, 5.41) is 12.6. The lowest BCUT2D eigenvalue weighted by Gasteiger charge is -1.99. The van der Waals surface area contributed by atoms with E-state index < -0.39 is 0 Å². The second-order valence-electron chi connectivity index (χ2n) is 3.62. The van der Waals surface area contributed by atoms with Crippen LogP contribution in [-0.4, -0.2) is 14.7 Å². The van der Waals surface area contributed by atoms with Gasteiger partial charge < -0.3 is 10.1 Å². The average molecular weight is 238 g/mol. The zero-order valence-electron chi connectivity index (χ0n) is 9.06. The van der Waals surface area contributed by atoms with Crippen molar-refractivity contribution >= 4 is 11.3 Å². The van der Waals surface area contributed by atoms with Gasteiger partial charge in [-0.05, 0) is 30.4 Å². The normalized spacial score (nSPS) is 10.8. The number of unbranched alkanes of at least 4 members (excludes halogenated alkanes) is 1. The Morgan fingerprint density at radius 2 is 2.38 bits per heavy atom. The zero-order chi connectivity index (χ0) is 11.5. The second kappa shape index (κ2) is 4.57. The summed E-state index contributed by atoms with van der Waals surface area (Å²) in [6.45, 7) is 2.07. The highest BCUT2D eigenvalue weighted by Gasteiger charge is 2.14. The third kappa shape index (κ3) is 1.90. The Balaban J connectivity index is 2.40. The standard InChI is InChI=1S/C11H14N2O2S/c1-2-3-5-8-10(14)13(11(15)12-8)9-6-4-7-16-9/h4,6-7,14H,2-3,5H2,1H3,(H,12,15). The van der Waals surface area contributed by atoms with Crippen LogP contribution in [0.4, 0.5) is 0 Å². The number of aromatic amines is 1. The lowest BCUT2D eigenvalue weighted by atomic mass is 10.2. The molecule has 5 heteroatoms. The third-order valence-corrected chi connectivity index (χ3v) is 3.30. The monoisotopic (exact) mass is 238 g/mol. The number of nitrogens with one attached hydrogen (secondary N) is 1. The van der Waals surface area contributed by atoms with E-state index in [1.807, 2.05) is 17.5 Å². The molecule has 2 aromatic rings. The Hall–Kier alpha value is -1.49. The van der Waals surface area contributed by atoms with Crippen LogP contribution in [0.15, 0.2) is 22.3 Å². The maximum Gasteiger partial charge on any atom is 0.333 e. The number of aryl methyl sites for hydroxylation is 1. The van der Waals surface area contributed by atoms with Crippen molar-refractivity contribution in [1.29, 1.82) is 0 Å². The van der Waals surface area contributed by atoms with Crippen molar-refractivity contribution in [2.24, 2.45) is 0 Å². The summed E-state index contributed by atoms with van der Waals surface area (Å²) in [5.41, 5.74) is 0.353. The van der Waals surface area contributed by atoms with Crippen LogP contribution in [0.25, 0.3) is 5.00 Å². The SMILES string of the molecule is CCCCc1[nH]c(=O)n(-c2cccs2)c1O. The molecule has 0 aromatic carbocycles. The number of hydrogen-bond donors (Lipinski definition) is 2. The molecule has 0 aliphatic rings. The Morgan fingerprint density at radius 1 is 1.56 bits per heavy atom. The zero-order valence-corrected chi connectivity index (χ0v) is 9.88. The molecule has 0 saturated carbocycles. The van der Waals surface area contributed by atoms with Gasteiger partial charge in [-0.3, -0.25) is 0 Å². The number of H-pyrrole nitrogens is 1. The lowest BCUT2D eigenvalue weighted by molar-refractivity contribution is 0.434. The number of aromatic hydroxyl groups is 1. The summed E-state index contributed by atoms with van der Waals surface area (Å²) < 4.78 is 1.32. The number of nitrogens with zero attached hydrogens (tertiary/aromatic N) is 1. The molecule has 0 atom stereocenters. The largest absolute Gasteiger partial charge is 0.493 e. The van der Waals surface area contributed by atoms with Crippen molar-refractivity contribution in [3.05, 3.63) is 33.7 Å². The predicted molar refractivity (Wildman–Crippen MR) is 64.5 cm³/mol.